The van der Waals surface area contributed by atoms with E-state index in [0.717, 1.165) is 9.87 Å². The molecule has 0 saturated carbocycles. The zero-order valence-electron chi connectivity index (χ0n) is 17.6. The molecule has 2 aromatic rings. The Morgan fingerprint density at radius 3 is 2.00 bits per heavy atom. The lowest BCUT2D eigenvalue weighted by Crippen LogP contribution is -2.49. The summed E-state index contributed by atoms with van der Waals surface area (Å²) in [4.78, 5) is 24.2. The number of amides is 1. The van der Waals surface area contributed by atoms with Crippen molar-refractivity contribution in [1.82, 2.24) is 9.62 Å². The minimum Gasteiger partial charge on any atom is -0.345 e. The summed E-state index contributed by atoms with van der Waals surface area (Å²) in [5.74, 6) is -0.551. The zero-order valence-corrected chi connectivity index (χ0v) is 19.2. The molecule has 0 atom stereocenters. The van der Waals surface area contributed by atoms with Gasteiger partial charge >= 0.3 is 0 Å². The van der Waals surface area contributed by atoms with Crippen LogP contribution in [0.1, 0.15) is 49.5 Å². The molecule has 0 spiro atoms. The van der Waals surface area contributed by atoms with Gasteiger partial charge in [0.05, 0.1) is 17.0 Å². The Bertz CT molecular complexity index is 998. The first-order chi connectivity index (χ1) is 14.1. The van der Waals surface area contributed by atoms with Crippen LogP contribution >= 0.6 is 11.6 Å². The summed E-state index contributed by atoms with van der Waals surface area (Å²) in [6.45, 7) is 5.02. The van der Waals surface area contributed by atoms with Crippen molar-refractivity contribution >= 4 is 33.3 Å². The summed E-state index contributed by atoms with van der Waals surface area (Å²) in [7, 11) is -2.52. The molecule has 30 heavy (non-hydrogen) atoms. The predicted octanol–water partition coefficient (Wildman–Crippen LogP) is 3.99. The van der Waals surface area contributed by atoms with Crippen LogP contribution in [0.4, 0.5) is 0 Å². The van der Waals surface area contributed by atoms with E-state index in [-0.39, 0.29) is 17.2 Å². The fourth-order valence-corrected chi connectivity index (χ4v) is 4.56. The van der Waals surface area contributed by atoms with E-state index in [1.54, 1.807) is 12.1 Å². The van der Waals surface area contributed by atoms with Crippen LogP contribution in [0, 0.1) is 0 Å². The first-order valence-electron chi connectivity index (χ1n) is 9.70. The van der Waals surface area contributed by atoms with Crippen LogP contribution in [-0.2, 0) is 20.4 Å². The van der Waals surface area contributed by atoms with Crippen molar-refractivity contribution in [1.29, 1.82) is 0 Å². The smallest absolute Gasteiger partial charge is 0.243 e. The number of carbonyl (C=O) groups excluding carboxylic acids is 2. The third-order valence-electron chi connectivity index (χ3n) is 5.32. The molecule has 0 aliphatic rings. The number of hydrogen-bond acceptors (Lipinski definition) is 4. The molecule has 0 unspecified atom stereocenters. The molecule has 0 heterocycles. The minimum atomic E-state index is -3.87. The van der Waals surface area contributed by atoms with Gasteiger partial charge in [-0.2, -0.15) is 4.31 Å². The second kappa shape index (κ2) is 9.73. The minimum absolute atomic E-state index is 0.0257. The molecule has 1 N–H and O–H groups in total. The Labute approximate surface area is 183 Å². The molecule has 0 bridgehead atoms. The van der Waals surface area contributed by atoms with Gasteiger partial charge in [0.15, 0.2) is 5.78 Å². The van der Waals surface area contributed by atoms with Crippen LogP contribution in [0.25, 0.3) is 0 Å². The quantitative estimate of drug-likeness (QED) is 0.585. The number of nitrogens with one attached hydrogen (secondary N) is 1. The van der Waals surface area contributed by atoms with Gasteiger partial charge in [-0.15, -0.1) is 0 Å². The fraction of sp³-hybridized carbons (Fsp3) is 0.364. The third kappa shape index (κ3) is 5.28. The van der Waals surface area contributed by atoms with Gasteiger partial charge in [-0.05, 0) is 49.6 Å². The average molecular weight is 451 g/mol. The number of nitrogens with zero attached hydrogens (tertiary/aromatic N) is 1. The lowest BCUT2D eigenvalue weighted by Gasteiger charge is -2.34. The first kappa shape index (κ1) is 24.1. The summed E-state index contributed by atoms with van der Waals surface area (Å²) in [5, 5.41) is 3.62. The van der Waals surface area contributed by atoms with Gasteiger partial charge in [0.1, 0.15) is 0 Å². The van der Waals surface area contributed by atoms with Crippen molar-refractivity contribution in [3.63, 3.8) is 0 Å². The molecule has 0 saturated heterocycles. The molecule has 8 heteroatoms. The monoisotopic (exact) mass is 450 g/mol. The highest BCUT2D eigenvalue weighted by Crippen LogP contribution is 2.30. The number of likely N-dealkylation sites (N-methyl/N-ethyl adjacent to an activating group) is 1. The fourth-order valence-electron chi connectivity index (χ4n) is 3.31. The summed E-state index contributed by atoms with van der Waals surface area (Å²) in [5.41, 5.74) is 0.721. The van der Waals surface area contributed by atoms with E-state index in [1.807, 2.05) is 26.0 Å². The molecule has 2 aromatic carbocycles. The molecule has 2 rings (SSSR count). The number of ketones is 1. The van der Waals surface area contributed by atoms with Crippen LogP contribution in [0.5, 0.6) is 0 Å². The number of hydrogen-bond donors (Lipinski definition) is 1. The van der Waals surface area contributed by atoms with Gasteiger partial charge in [-0.1, -0.05) is 49.7 Å². The Kier molecular flexibility index (Phi) is 7.80. The number of rotatable bonds is 9. The number of Topliss-reactive ketones (excluding diaryl/α,β-unsaturated/α-hetero) is 1. The molecule has 0 aromatic heterocycles. The highest BCUT2D eigenvalue weighted by molar-refractivity contribution is 7.89. The van der Waals surface area contributed by atoms with E-state index in [1.165, 1.54) is 38.2 Å². The topological polar surface area (TPSA) is 83.6 Å². The summed E-state index contributed by atoms with van der Waals surface area (Å²) in [6.07, 6.45) is 1.28. The standard InChI is InChI=1S/C22H27ClN2O4S/c1-5-22(6-2,18-9-11-19(23)12-10-18)24-21(27)15-25(4)30(28,29)20-13-7-17(8-14-20)16(3)26/h7-14H,5-6,15H2,1-4H3,(H,24,27). The number of halogens is 1. The van der Waals surface area contributed by atoms with Crippen LogP contribution in [0.15, 0.2) is 53.4 Å². The van der Waals surface area contributed by atoms with Crippen molar-refractivity contribution < 1.29 is 18.0 Å². The zero-order chi connectivity index (χ0) is 22.5. The number of sulfonamides is 1. The molecular weight excluding hydrogens is 424 g/mol. The Morgan fingerprint density at radius 1 is 1.00 bits per heavy atom. The SMILES string of the molecule is CCC(CC)(NC(=O)CN(C)S(=O)(=O)c1ccc(C(C)=O)cc1)c1ccc(Cl)cc1. The lowest BCUT2D eigenvalue weighted by atomic mass is 9.84. The van der Waals surface area contributed by atoms with Crippen LogP contribution in [0.2, 0.25) is 5.02 Å². The van der Waals surface area contributed by atoms with Gasteiger partial charge in [-0.25, -0.2) is 8.42 Å². The number of carbonyl (C=O) groups is 2. The van der Waals surface area contributed by atoms with Crippen molar-refractivity contribution in [2.75, 3.05) is 13.6 Å². The van der Waals surface area contributed by atoms with Gasteiger partial charge in [0, 0.05) is 17.6 Å². The summed E-state index contributed by atoms with van der Waals surface area (Å²) >= 11 is 5.98. The molecular formula is C22H27ClN2O4S. The van der Waals surface area contributed by atoms with E-state index in [9.17, 15) is 18.0 Å². The van der Waals surface area contributed by atoms with E-state index in [4.69, 9.17) is 11.6 Å². The lowest BCUT2D eigenvalue weighted by molar-refractivity contribution is -0.123. The third-order valence-corrected chi connectivity index (χ3v) is 7.39. The van der Waals surface area contributed by atoms with E-state index >= 15 is 0 Å². The Balaban J connectivity index is 2.18. The first-order valence-corrected chi connectivity index (χ1v) is 11.5. The van der Waals surface area contributed by atoms with Gasteiger partial charge in [-0.3, -0.25) is 9.59 Å². The molecule has 0 aliphatic heterocycles. The average Bonchev–Trinajstić information content (AvgIpc) is 2.72. The maximum atomic E-state index is 12.8. The second-order valence-electron chi connectivity index (χ2n) is 7.19. The molecule has 1 amide bonds. The largest absolute Gasteiger partial charge is 0.345 e. The van der Waals surface area contributed by atoms with Crippen molar-refractivity contribution in [2.24, 2.45) is 0 Å². The van der Waals surface area contributed by atoms with Gasteiger partial charge < -0.3 is 5.32 Å². The highest BCUT2D eigenvalue weighted by Gasteiger charge is 2.32. The van der Waals surface area contributed by atoms with Crippen LogP contribution in [0.3, 0.4) is 0 Å². The molecule has 6 nitrogen and oxygen atoms in total. The molecule has 162 valence electrons. The molecule has 0 radical (unpaired) electrons. The summed E-state index contributed by atoms with van der Waals surface area (Å²) < 4.78 is 26.6. The van der Waals surface area contributed by atoms with Crippen molar-refractivity contribution in [2.45, 2.75) is 44.0 Å². The normalized spacial score (nSPS) is 12.1. The van der Waals surface area contributed by atoms with E-state index < -0.39 is 21.5 Å². The molecule has 0 fully saturated rings. The van der Waals surface area contributed by atoms with Crippen LogP contribution < -0.4 is 5.32 Å². The maximum Gasteiger partial charge on any atom is 0.243 e. The predicted molar refractivity (Wildman–Crippen MR) is 118 cm³/mol. The van der Waals surface area contributed by atoms with Gasteiger partial charge in [0.25, 0.3) is 0 Å². The van der Waals surface area contributed by atoms with Crippen LogP contribution in [-0.4, -0.2) is 38.0 Å². The Morgan fingerprint density at radius 2 is 1.53 bits per heavy atom. The van der Waals surface area contributed by atoms with Crippen molar-refractivity contribution in [3.8, 4) is 0 Å². The van der Waals surface area contributed by atoms with Gasteiger partial charge in [0.2, 0.25) is 15.9 Å². The highest BCUT2D eigenvalue weighted by atomic mass is 35.5. The Hall–Kier alpha value is -2.22. The second-order valence-corrected chi connectivity index (χ2v) is 9.67. The summed E-state index contributed by atoms with van der Waals surface area (Å²) in [6, 6.07) is 12.9. The van der Waals surface area contributed by atoms with E-state index in [0.29, 0.717) is 23.4 Å². The van der Waals surface area contributed by atoms with Crippen molar-refractivity contribution in [3.05, 3.63) is 64.7 Å². The molecule has 0 aliphatic carbocycles. The maximum absolute atomic E-state index is 12.8. The van der Waals surface area contributed by atoms with E-state index in [2.05, 4.69) is 5.32 Å². The number of benzene rings is 2.